The Morgan fingerprint density at radius 3 is 3.05 bits per heavy atom. The van der Waals surface area contributed by atoms with Gasteiger partial charge < -0.3 is 10.6 Å². The number of thiophene rings is 1. The molecule has 1 aliphatic rings. The number of benzene rings is 1. The van der Waals surface area contributed by atoms with E-state index < -0.39 is 0 Å². The molecule has 1 atom stereocenters. The van der Waals surface area contributed by atoms with Gasteiger partial charge >= 0.3 is 0 Å². The lowest BCUT2D eigenvalue weighted by Crippen LogP contribution is -2.43. The predicted octanol–water partition coefficient (Wildman–Crippen LogP) is 4.65. The third kappa shape index (κ3) is 2.69. The Balaban J connectivity index is 1.99. The fourth-order valence-corrected chi connectivity index (χ4v) is 4.70. The van der Waals surface area contributed by atoms with Crippen molar-refractivity contribution in [1.82, 2.24) is 4.90 Å². The molecule has 21 heavy (non-hydrogen) atoms. The van der Waals surface area contributed by atoms with Gasteiger partial charge in [-0.05, 0) is 37.8 Å². The van der Waals surface area contributed by atoms with Gasteiger partial charge in [0.15, 0.2) is 0 Å². The summed E-state index contributed by atoms with van der Waals surface area (Å²) in [4.78, 5) is 15.6. The largest absolute Gasteiger partial charge is 0.397 e. The first-order valence-electron chi connectivity index (χ1n) is 7.40. The van der Waals surface area contributed by atoms with Crippen molar-refractivity contribution >= 4 is 48.9 Å². The minimum atomic E-state index is 0.108. The lowest BCUT2D eigenvalue weighted by molar-refractivity contribution is 0.0614. The molecule has 0 radical (unpaired) electrons. The SMILES string of the molecule is CCC1CCCCN1C(=O)c1sc2cc(Br)ccc2c1N. The standard InChI is InChI=1S/C16H19BrN2OS/c1-2-11-5-3-4-8-19(11)16(20)15-14(18)12-7-6-10(17)9-13(12)21-15/h6-7,9,11H,2-5,8,18H2,1H3. The lowest BCUT2D eigenvalue weighted by Gasteiger charge is -2.35. The molecule has 2 aromatic rings. The average molecular weight is 367 g/mol. The van der Waals surface area contributed by atoms with Crippen LogP contribution in [0.1, 0.15) is 42.3 Å². The highest BCUT2D eigenvalue weighted by Crippen LogP contribution is 2.37. The number of likely N-dealkylation sites (tertiary alicyclic amines) is 1. The van der Waals surface area contributed by atoms with Crippen molar-refractivity contribution in [3.63, 3.8) is 0 Å². The third-order valence-electron chi connectivity index (χ3n) is 4.24. The van der Waals surface area contributed by atoms with Crippen LogP contribution >= 0.6 is 27.3 Å². The van der Waals surface area contributed by atoms with Crippen LogP contribution in [0.3, 0.4) is 0 Å². The molecule has 3 nitrogen and oxygen atoms in total. The number of carbonyl (C=O) groups is 1. The van der Waals surface area contributed by atoms with Crippen molar-refractivity contribution in [1.29, 1.82) is 0 Å². The molecule has 1 amide bonds. The van der Waals surface area contributed by atoms with Crippen LogP contribution < -0.4 is 5.73 Å². The minimum absolute atomic E-state index is 0.108. The molecule has 112 valence electrons. The van der Waals surface area contributed by atoms with Gasteiger partial charge in [0.2, 0.25) is 0 Å². The maximum Gasteiger partial charge on any atom is 0.266 e. The quantitative estimate of drug-likeness (QED) is 0.840. The smallest absolute Gasteiger partial charge is 0.266 e. The van der Waals surface area contributed by atoms with Gasteiger partial charge in [0.1, 0.15) is 4.88 Å². The summed E-state index contributed by atoms with van der Waals surface area (Å²) in [5, 5.41) is 0.983. The molecule has 1 fully saturated rings. The van der Waals surface area contributed by atoms with E-state index in [-0.39, 0.29) is 5.91 Å². The second-order valence-corrected chi connectivity index (χ2v) is 7.51. The number of nitrogens with two attached hydrogens (primary N) is 1. The van der Waals surface area contributed by atoms with Gasteiger partial charge in [-0.15, -0.1) is 11.3 Å². The van der Waals surface area contributed by atoms with Crippen molar-refractivity contribution in [3.8, 4) is 0 Å². The van der Waals surface area contributed by atoms with Crippen LogP contribution in [0.5, 0.6) is 0 Å². The van der Waals surface area contributed by atoms with E-state index in [1.54, 1.807) is 0 Å². The van der Waals surface area contributed by atoms with Crippen LogP contribution in [0.15, 0.2) is 22.7 Å². The van der Waals surface area contributed by atoms with Gasteiger partial charge in [-0.25, -0.2) is 0 Å². The van der Waals surface area contributed by atoms with Gasteiger partial charge in [-0.1, -0.05) is 28.9 Å². The number of amides is 1. The molecule has 1 aliphatic heterocycles. The van der Waals surface area contributed by atoms with Crippen LogP contribution in [0, 0.1) is 0 Å². The second-order valence-electron chi connectivity index (χ2n) is 5.54. The van der Waals surface area contributed by atoms with Crippen LogP contribution in [0.25, 0.3) is 10.1 Å². The fourth-order valence-electron chi connectivity index (χ4n) is 3.07. The highest BCUT2D eigenvalue weighted by Gasteiger charge is 2.29. The monoisotopic (exact) mass is 366 g/mol. The molecule has 0 spiro atoms. The fraction of sp³-hybridized carbons (Fsp3) is 0.438. The zero-order valence-corrected chi connectivity index (χ0v) is 14.5. The summed E-state index contributed by atoms with van der Waals surface area (Å²) >= 11 is 4.98. The van der Waals surface area contributed by atoms with Crippen molar-refractivity contribution in [2.24, 2.45) is 0 Å². The van der Waals surface area contributed by atoms with Crippen molar-refractivity contribution in [2.75, 3.05) is 12.3 Å². The van der Waals surface area contributed by atoms with Gasteiger partial charge in [0.25, 0.3) is 5.91 Å². The molecule has 1 unspecified atom stereocenters. The highest BCUT2D eigenvalue weighted by molar-refractivity contribution is 9.10. The first-order chi connectivity index (χ1) is 10.1. The number of nitrogens with zero attached hydrogens (tertiary/aromatic N) is 1. The molecule has 5 heteroatoms. The molecule has 0 bridgehead atoms. The molecule has 2 heterocycles. The number of rotatable bonds is 2. The number of fused-ring (bicyclic) bond motifs is 1. The van der Waals surface area contributed by atoms with Crippen LogP contribution in [-0.2, 0) is 0 Å². The Kier molecular flexibility index (Phi) is 4.22. The van der Waals surface area contributed by atoms with E-state index in [0.29, 0.717) is 16.6 Å². The summed E-state index contributed by atoms with van der Waals surface area (Å²) in [5.74, 6) is 0.108. The van der Waals surface area contributed by atoms with E-state index in [4.69, 9.17) is 5.73 Å². The molecular formula is C16H19BrN2OS. The molecule has 1 aromatic heterocycles. The molecule has 1 aromatic carbocycles. The first kappa shape index (κ1) is 14.9. The summed E-state index contributed by atoms with van der Waals surface area (Å²) in [5.41, 5.74) is 6.86. The van der Waals surface area contributed by atoms with E-state index in [9.17, 15) is 4.79 Å². The number of hydrogen-bond donors (Lipinski definition) is 1. The molecule has 2 N–H and O–H groups in total. The second kappa shape index (κ2) is 5.97. The van der Waals surface area contributed by atoms with Gasteiger partial charge in [0.05, 0.1) is 5.69 Å². The lowest BCUT2D eigenvalue weighted by atomic mass is 9.99. The van der Waals surface area contributed by atoms with Crippen molar-refractivity contribution in [2.45, 2.75) is 38.6 Å². The zero-order chi connectivity index (χ0) is 15.0. The highest BCUT2D eigenvalue weighted by atomic mass is 79.9. The Morgan fingerprint density at radius 1 is 1.48 bits per heavy atom. The van der Waals surface area contributed by atoms with Crippen molar-refractivity contribution < 1.29 is 4.79 Å². The Hall–Kier alpha value is -1.07. The molecule has 0 saturated carbocycles. The van der Waals surface area contributed by atoms with E-state index in [1.165, 1.54) is 17.8 Å². The predicted molar refractivity (Wildman–Crippen MR) is 92.9 cm³/mol. The van der Waals surface area contributed by atoms with Gasteiger partial charge in [-0.3, -0.25) is 4.79 Å². The van der Waals surface area contributed by atoms with Crippen LogP contribution in [-0.4, -0.2) is 23.4 Å². The van der Waals surface area contributed by atoms with E-state index >= 15 is 0 Å². The van der Waals surface area contributed by atoms with Crippen molar-refractivity contribution in [3.05, 3.63) is 27.5 Å². The molecular weight excluding hydrogens is 348 g/mol. The van der Waals surface area contributed by atoms with Gasteiger partial charge in [0, 0.05) is 27.1 Å². The summed E-state index contributed by atoms with van der Waals surface area (Å²) in [6, 6.07) is 6.34. The Labute approximate surface area is 137 Å². The van der Waals surface area contributed by atoms with E-state index in [1.807, 2.05) is 23.1 Å². The summed E-state index contributed by atoms with van der Waals surface area (Å²) in [6.07, 6.45) is 4.44. The Bertz CT molecular complexity index is 682. The topological polar surface area (TPSA) is 46.3 Å². The van der Waals surface area contributed by atoms with Crippen LogP contribution in [0.2, 0.25) is 0 Å². The number of piperidine rings is 1. The zero-order valence-electron chi connectivity index (χ0n) is 12.1. The van der Waals surface area contributed by atoms with Crippen LogP contribution in [0.4, 0.5) is 5.69 Å². The number of hydrogen-bond acceptors (Lipinski definition) is 3. The first-order valence-corrected chi connectivity index (χ1v) is 9.01. The maximum absolute atomic E-state index is 12.9. The number of halogens is 1. The number of carbonyl (C=O) groups excluding carboxylic acids is 1. The summed E-state index contributed by atoms with van der Waals surface area (Å²) < 4.78 is 2.08. The minimum Gasteiger partial charge on any atom is -0.397 e. The maximum atomic E-state index is 12.9. The Morgan fingerprint density at radius 2 is 2.29 bits per heavy atom. The molecule has 0 aliphatic carbocycles. The van der Waals surface area contributed by atoms with Gasteiger partial charge in [-0.2, -0.15) is 0 Å². The van der Waals surface area contributed by atoms with E-state index in [0.717, 1.165) is 40.4 Å². The molecule has 1 saturated heterocycles. The number of anilines is 1. The third-order valence-corrected chi connectivity index (χ3v) is 5.89. The number of nitrogen functional groups attached to an aromatic ring is 1. The summed E-state index contributed by atoms with van der Waals surface area (Å²) in [6.45, 7) is 3.01. The average Bonchev–Trinajstić information content (AvgIpc) is 2.82. The normalized spacial score (nSPS) is 19.1. The molecule has 3 rings (SSSR count). The van der Waals surface area contributed by atoms with E-state index in [2.05, 4.69) is 22.9 Å². The summed E-state index contributed by atoms with van der Waals surface area (Å²) in [7, 11) is 0.